The number of morpholine rings is 1. The standard InChI is InChI=1S/C23H25FN4O5S/c1-14(2)21-26-23(33-27-21)17-6-4-5-15(3)20(17)25-22(29)18-13-16(7-8-19(18)24)34(30,31)28-9-11-32-12-10-28/h4-8,13-14H,9-12H2,1-3H3,(H,25,29). The lowest BCUT2D eigenvalue weighted by molar-refractivity contribution is 0.0730. The normalized spacial score (nSPS) is 15.0. The Morgan fingerprint density at radius 1 is 1.18 bits per heavy atom. The summed E-state index contributed by atoms with van der Waals surface area (Å²) in [6.07, 6.45) is 0. The van der Waals surface area contributed by atoms with Crippen LogP contribution in [0.2, 0.25) is 0 Å². The van der Waals surface area contributed by atoms with Crippen molar-refractivity contribution in [3.63, 3.8) is 0 Å². The summed E-state index contributed by atoms with van der Waals surface area (Å²) in [7, 11) is -3.90. The lowest BCUT2D eigenvalue weighted by atomic mass is 10.1. The van der Waals surface area contributed by atoms with Gasteiger partial charge in [-0.2, -0.15) is 9.29 Å². The van der Waals surface area contributed by atoms with Gasteiger partial charge in [-0.15, -0.1) is 0 Å². The fourth-order valence-electron chi connectivity index (χ4n) is 3.55. The van der Waals surface area contributed by atoms with Crippen LogP contribution >= 0.6 is 0 Å². The number of benzene rings is 2. The average Bonchev–Trinajstić information content (AvgIpc) is 3.31. The van der Waals surface area contributed by atoms with Crippen LogP contribution in [0, 0.1) is 12.7 Å². The fourth-order valence-corrected chi connectivity index (χ4v) is 4.98. The molecular weight excluding hydrogens is 463 g/mol. The fraction of sp³-hybridized carbons (Fsp3) is 0.348. The number of aryl methyl sites for hydroxylation is 1. The number of amides is 1. The van der Waals surface area contributed by atoms with E-state index >= 15 is 0 Å². The molecule has 180 valence electrons. The summed E-state index contributed by atoms with van der Waals surface area (Å²) < 4.78 is 52.4. The first-order valence-electron chi connectivity index (χ1n) is 10.8. The highest BCUT2D eigenvalue weighted by molar-refractivity contribution is 7.89. The van der Waals surface area contributed by atoms with Crippen molar-refractivity contribution in [1.29, 1.82) is 0 Å². The molecule has 1 saturated heterocycles. The average molecular weight is 489 g/mol. The van der Waals surface area contributed by atoms with E-state index in [9.17, 15) is 17.6 Å². The molecule has 9 nitrogen and oxygen atoms in total. The zero-order valence-corrected chi connectivity index (χ0v) is 19.9. The Labute approximate surface area is 197 Å². The lowest BCUT2D eigenvalue weighted by Crippen LogP contribution is -2.40. The largest absolute Gasteiger partial charge is 0.379 e. The highest BCUT2D eigenvalue weighted by Crippen LogP contribution is 2.31. The topological polar surface area (TPSA) is 115 Å². The van der Waals surface area contributed by atoms with Crippen molar-refractivity contribution >= 4 is 21.6 Å². The minimum atomic E-state index is -3.90. The first-order chi connectivity index (χ1) is 16.2. The van der Waals surface area contributed by atoms with Crippen molar-refractivity contribution in [2.75, 3.05) is 31.6 Å². The molecular formula is C23H25FN4O5S. The van der Waals surface area contributed by atoms with Gasteiger partial charge in [0.2, 0.25) is 10.0 Å². The van der Waals surface area contributed by atoms with E-state index in [0.717, 1.165) is 18.2 Å². The van der Waals surface area contributed by atoms with Gasteiger partial charge >= 0.3 is 0 Å². The van der Waals surface area contributed by atoms with Gasteiger partial charge in [0.25, 0.3) is 11.8 Å². The molecule has 2 aromatic carbocycles. The molecule has 0 aliphatic carbocycles. The molecule has 2 heterocycles. The van der Waals surface area contributed by atoms with E-state index in [1.807, 2.05) is 13.8 Å². The van der Waals surface area contributed by atoms with Crippen LogP contribution in [0.5, 0.6) is 0 Å². The predicted molar refractivity (Wildman–Crippen MR) is 122 cm³/mol. The summed E-state index contributed by atoms with van der Waals surface area (Å²) in [5, 5.41) is 6.65. The van der Waals surface area contributed by atoms with Crippen LogP contribution in [0.4, 0.5) is 10.1 Å². The SMILES string of the molecule is Cc1cccc(-c2nc(C(C)C)no2)c1NC(=O)c1cc(S(=O)(=O)N2CCOCC2)ccc1F. The molecule has 0 unspecified atom stereocenters. The first kappa shape index (κ1) is 24.0. The van der Waals surface area contributed by atoms with Crippen molar-refractivity contribution in [2.24, 2.45) is 0 Å². The van der Waals surface area contributed by atoms with Crippen LogP contribution in [0.25, 0.3) is 11.5 Å². The number of nitrogens with one attached hydrogen (secondary N) is 1. The van der Waals surface area contributed by atoms with E-state index in [1.54, 1.807) is 25.1 Å². The van der Waals surface area contributed by atoms with Gasteiger partial charge in [0.1, 0.15) is 5.82 Å². The van der Waals surface area contributed by atoms with Crippen LogP contribution < -0.4 is 5.32 Å². The molecule has 0 radical (unpaired) electrons. The van der Waals surface area contributed by atoms with E-state index in [2.05, 4.69) is 15.5 Å². The maximum atomic E-state index is 14.6. The van der Waals surface area contributed by atoms with Gasteiger partial charge in [0.05, 0.1) is 34.9 Å². The molecule has 1 aliphatic heterocycles. The highest BCUT2D eigenvalue weighted by atomic mass is 32.2. The Kier molecular flexibility index (Phi) is 6.78. The number of nitrogens with zero attached hydrogens (tertiary/aromatic N) is 3. The number of anilines is 1. The number of rotatable bonds is 6. The predicted octanol–water partition coefficient (Wildman–Crippen LogP) is 3.58. The third-order valence-corrected chi connectivity index (χ3v) is 7.38. The molecule has 4 rings (SSSR count). The Bertz CT molecular complexity index is 1320. The van der Waals surface area contributed by atoms with Crippen LogP contribution in [-0.4, -0.2) is 55.1 Å². The maximum absolute atomic E-state index is 14.6. The van der Waals surface area contributed by atoms with Gasteiger partial charge in [0.15, 0.2) is 5.82 Å². The molecule has 3 aromatic rings. The summed E-state index contributed by atoms with van der Waals surface area (Å²) >= 11 is 0. The van der Waals surface area contributed by atoms with E-state index < -0.39 is 27.3 Å². The second-order valence-electron chi connectivity index (χ2n) is 8.22. The van der Waals surface area contributed by atoms with Crippen LogP contribution in [0.1, 0.15) is 41.5 Å². The summed E-state index contributed by atoms with van der Waals surface area (Å²) in [6.45, 7) is 6.56. The highest BCUT2D eigenvalue weighted by Gasteiger charge is 2.28. The molecule has 0 bridgehead atoms. The second kappa shape index (κ2) is 9.61. The third kappa shape index (κ3) is 4.72. The molecule has 0 saturated carbocycles. The molecule has 34 heavy (non-hydrogen) atoms. The number of ether oxygens (including phenoxy) is 1. The molecule has 1 fully saturated rings. The van der Waals surface area contributed by atoms with Crippen LogP contribution in [0.15, 0.2) is 45.8 Å². The van der Waals surface area contributed by atoms with Crippen molar-refractivity contribution in [1.82, 2.24) is 14.4 Å². The van der Waals surface area contributed by atoms with Gasteiger partial charge in [-0.25, -0.2) is 12.8 Å². The van der Waals surface area contributed by atoms with Crippen LogP contribution in [-0.2, 0) is 14.8 Å². The van der Waals surface area contributed by atoms with E-state index in [1.165, 1.54) is 4.31 Å². The van der Waals surface area contributed by atoms with Gasteiger partial charge in [-0.3, -0.25) is 4.79 Å². The summed E-state index contributed by atoms with van der Waals surface area (Å²) in [6, 6.07) is 8.44. The third-order valence-electron chi connectivity index (χ3n) is 5.49. The molecule has 1 aromatic heterocycles. The monoisotopic (exact) mass is 488 g/mol. The van der Waals surface area contributed by atoms with Crippen molar-refractivity contribution in [3.05, 3.63) is 59.2 Å². The Morgan fingerprint density at radius 3 is 2.59 bits per heavy atom. The lowest BCUT2D eigenvalue weighted by Gasteiger charge is -2.26. The number of carbonyl (C=O) groups excluding carboxylic acids is 1. The van der Waals surface area contributed by atoms with E-state index in [0.29, 0.717) is 22.6 Å². The number of carbonyl (C=O) groups is 1. The summed E-state index contributed by atoms with van der Waals surface area (Å²) in [5.74, 6) is -0.859. The zero-order chi connectivity index (χ0) is 24.5. The quantitative estimate of drug-likeness (QED) is 0.564. The van der Waals surface area contributed by atoms with Gasteiger partial charge in [-0.1, -0.05) is 31.1 Å². The number of halogens is 1. The molecule has 1 amide bonds. The van der Waals surface area contributed by atoms with Crippen molar-refractivity contribution in [3.8, 4) is 11.5 Å². The van der Waals surface area contributed by atoms with Crippen molar-refractivity contribution < 1.29 is 26.9 Å². The van der Waals surface area contributed by atoms with Gasteiger partial charge in [0, 0.05) is 19.0 Å². The Morgan fingerprint density at radius 2 is 1.91 bits per heavy atom. The summed E-state index contributed by atoms with van der Waals surface area (Å²) in [4.78, 5) is 17.3. The number of hydrogen-bond donors (Lipinski definition) is 1. The van der Waals surface area contributed by atoms with Gasteiger partial charge in [-0.05, 0) is 36.8 Å². The molecule has 1 aliphatic rings. The molecule has 1 N–H and O–H groups in total. The number of sulfonamides is 1. The zero-order valence-electron chi connectivity index (χ0n) is 19.0. The second-order valence-corrected chi connectivity index (χ2v) is 10.2. The Hall–Kier alpha value is -3.15. The van der Waals surface area contributed by atoms with Gasteiger partial charge < -0.3 is 14.6 Å². The number of para-hydroxylation sites is 1. The molecule has 0 atom stereocenters. The smallest absolute Gasteiger partial charge is 0.260 e. The molecule has 11 heteroatoms. The van der Waals surface area contributed by atoms with E-state index in [4.69, 9.17) is 9.26 Å². The Balaban J connectivity index is 1.67. The first-order valence-corrected chi connectivity index (χ1v) is 12.2. The van der Waals surface area contributed by atoms with Crippen LogP contribution in [0.3, 0.4) is 0 Å². The number of aromatic nitrogens is 2. The summed E-state index contributed by atoms with van der Waals surface area (Å²) in [5.41, 5.74) is 1.14. The number of hydrogen-bond acceptors (Lipinski definition) is 7. The minimum absolute atomic E-state index is 0.0469. The molecule has 0 spiro atoms. The van der Waals surface area contributed by atoms with Crippen molar-refractivity contribution in [2.45, 2.75) is 31.6 Å². The minimum Gasteiger partial charge on any atom is -0.379 e. The maximum Gasteiger partial charge on any atom is 0.260 e. The van der Waals surface area contributed by atoms with E-state index in [-0.39, 0.29) is 43.0 Å².